The van der Waals surface area contributed by atoms with Gasteiger partial charge in [-0.25, -0.2) is 9.59 Å². The number of benzene rings is 2. The van der Waals surface area contributed by atoms with Crippen LogP contribution in [0.2, 0.25) is 0 Å². The third-order valence-electron chi connectivity index (χ3n) is 5.19. The smallest absolute Gasteiger partial charge is 0.482 e. The van der Waals surface area contributed by atoms with Crippen LogP contribution in [0, 0.1) is 0 Å². The van der Waals surface area contributed by atoms with Crippen LogP contribution in [0.5, 0.6) is 5.75 Å². The first kappa shape index (κ1) is 32.2. The molecule has 2 aromatic carbocycles. The molecule has 0 aliphatic heterocycles. The Morgan fingerprint density at radius 1 is 1.00 bits per heavy atom. The molecule has 0 aliphatic carbocycles. The lowest BCUT2D eigenvalue weighted by atomic mass is 10.1. The summed E-state index contributed by atoms with van der Waals surface area (Å²) in [6.45, 7) is 0.776. The molecule has 0 aliphatic rings. The van der Waals surface area contributed by atoms with Gasteiger partial charge in [0.05, 0.1) is 13.2 Å². The standard InChI is InChI=1S/C25H28BrF5N2O6/c1-2-37-21(22(34)35)16-17-4-10-20(11-5-17)38-15-13-33(12-3-14-39-25(30,31)24(27,28)29)23(36)32-19-8-6-18(26)7-9-19/h4-11,21H,2-3,12-16H2,1H3,(H,32,36)(H,34,35). The fraction of sp³-hybridized carbons (Fsp3) is 0.440. The molecule has 0 bridgehead atoms. The molecule has 1 atom stereocenters. The van der Waals surface area contributed by atoms with Gasteiger partial charge in [-0.2, -0.15) is 22.0 Å². The first-order valence-corrected chi connectivity index (χ1v) is 12.6. The molecule has 8 nitrogen and oxygen atoms in total. The highest BCUT2D eigenvalue weighted by Crippen LogP contribution is 2.36. The molecule has 0 saturated heterocycles. The van der Waals surface area contributed by atoms with E-state index < -0.39 is 37.0 Å². The first-order valence-electron chi connectivity index (χ1n) is 11.8. The van der Waals surface area contributed by atoms with Gasteiger partial charge in [0.1, 0.15) is 12.4 Å². The number of hydrogen-bond acceptors (Lipinski definition) is 5. The minimum Gasteiger partial charge on any atom is -0.492 e. The Bertz CT molecular complexity index is 1050. The zero-order chi connectivity index (χ0) is 29.1. The molecule has 39 heavy (non-hydrogen) atoms. The van der Waals surface area contributed by atoms with Gasteiger partial charge in [-0.15, -0.1) is 0 Å². The summed E-state index contributed by atoms with van der Waals surface area (Å²) < 4.78 is 78.2. The zero-order valence-corrected chi connectivity index (χ0v) is 22.4. The highest BCUT2D eigenvalue weighted by atomic mass is 79.9. The van der Waals surface area contributed by atoms with E-state index in [1.165, 1.54) is 4.90 Å². The number of nitrogens with one attached hydrogen (secondary N) is 1. The number of anilines is 1. The Morgan fingerprint density at radius 3 is 2.21 bits per heavy atom. The van der Waals surface area contributed by atoms with Crippen LogP contribution in [-0.2, 0) is 20.7 Å². The topological polar surface area (TPSA) is 97.3 Å². The van der Waals surface area contributed by atoms with Crippen molar-refractivity contribution in [3.63, 3.8) is 0 Å². The fourth-order valence-corrected chi connectivity index (χ4v) is 3.48. The normalized spacial score (nSPS) is 12.6. The maximum atomic E-state index is 13.0. The number of carbonyl (C=O) groups is 2. The van der Waals surface area contributed by atoms with Crippen LogP contribution in [-0.4, -0.2) is 73.3 Å². The van der Waals surface area contributed by atoms with E-state index >= 15 is 0 Å². The number of ether oxygens (including phenoxy) is 3. The molecule has 2 amide bonds. The van der Waals surface area contributed by atoms with Gasteiger partial charge >= 0.3 is 24.3 Å². The Kier molecular flexibility index (Phi) is 12.4. The lowest BCUT2D eigenvalue weighted by molar-refractivity contribution is -0.391. The van der Waals surface area contributed by atoms with Gasteiger partial charge in [0.2, 0.25) is 0 Å². The average Bonchev–Trinajstić information content (AvgIpc) is 2.86. The summed E-state index contributed by atoms with van der Waals surface area (Å²) >= 11 is 3.27. The summed E-state index contributed by atoms with van der Waals surface area (Å²) in [5.41, 5.74) is 1.14. The molecule has 0 aromatic heterocycles. The Morgan fingerprint density at radius 2 is 1.64 bits per heavy atom. The first-order chi connectivity index (χ1) is 18.3. The summed E-state index contributed by atoms with van der Waals surface area (Å²) in [6, 6.07) is 12.5. The Balaban J connectivity index is 1.95. The summed E-state index contributed by atoms with van der Waals surface area (Å²) in [6.07, 6.45) is -12.3. The number of urea groups is 1. The zero-order valence-electron chi connectivity index (χ0n) is 20.8. The number of carbonyl (C=O) groups excluding carboxylic acids is 1. The highest BCUT2D eigenvalue weighted by molar-refractivity contribution is 9.10. The molecule has 0 saturated carbocycles. The third kappa shape index (κ3) is 11.0. The number of hydrogen-bond donors (Lipinski definition) is 2. The summed E-state index contributed by atoms with van der Waals surface area (Å²) in [5.74, 6) is -0.658. The summed E-state index contributed by atoms with van der Waals surface area (Å²) in [4.78, 5) is 25.2. The van der Waals surface area contributed by atoms with Crippen molar-refractivity contribution in [1.29, 1.82) is 0 Å². The molecule has 0 radical (unpaired) electrons. The molecule has 216 valence electrons. The van der Waals surface area contributed by atoms with Crippen molar-refractivity contribution in [2.45, 2.75) is 38.2 Å². The molecule has 0 spiro atoms. The third-order valence-corrected chi connectivity index (χ3v) is 5.71. The molecule has 2 N–H and O–H groups in total. The average molecular weight is 627 g/mol. The van der Waals surface area contributed by atoms with Crippen molar-refractivity contribution >= 4 is 33.6 Å². The van der Waals surface area contributed by atoms with E-state index in [0.717, 1.165) is 4.47 Å². The summed E-state index contributed by atoms with van der Waals surface area (Å²) in [7, 11) is 0. The van der Waals surface area contributed by atoms with E-state index in [0.29, 0.717) is 17.0 Å². The second kappa shape index (κ2) is 15.0. The monoisotopic (exact) mass is 626 g/mol. The van der Waals surface area contributed by atoms with E-state index in [9.17, 15) is 36.6 Å². The molecular formula is C25H28BrF5N2O6. The minimum absolute atomic E-state index is 0.0226. The van der Waals surface area contributed by atoms with Crippen molar-refractivity contribution in [2.75, 3.05) is 38.2 Å². The summed E-state index contributed by atoms with van der Waals surface area (Å²) in [5, 5.41) is 11.8. The largest absolute Gasteiger partial charge is 0.492 e. The molecule has 14 heteroatoms. The number of aliphatic carboxylic acids is 1. The quantitative estimate of drug-likeness (QED) is 0.187. The molecule has 2 aromatic rings. The van der Waals surface area contributed by atoms with Gasteiger partial charge < -0.3 is 29.5 Å². The molecule has 2 rings (SSSR count). The second-order valence-electron chi connectivity index (χ2n) is 8.12. The van der Waals surface area contributed by atoms with Crippen molar-refractivity contribution in [1.82, 2.24) is 4.90 Å². The van der Waals surface area contributed by atoms with Crippen molar-refractivity contribution in [3.05, 3.63) is 58.6 Å². The Hall–Kier alpha value is -2.97. The van der Waals surface area contributed by atoms with Crippen LogP contribution in [0.3, 0.4) is 0 Å². The van der Waals surface area contributed by atoms with E-state index in [1.807, 2.05) is 0 Å². The van der Waals surface area contributed by atoms with Crippen molar-refractivity contribution in [3.8, 4) is 5.75 Å². The fourth-order valence-electron chi connectivity index (χ4n) is 3.22. The van der Waals surface area contributed by atoms with E-state index in [1.54, 1.807) is 55.5 Å². The minimum atomic E-state index is -5.84. The molecule has 0 heterocycles. The van der Waals surface area contributed by atoms with Crippen LogP contribution in [0.1, 0.15) is 18.9 Å². The maximum absolute atomic E-state index is 13.0. The number of carboxylic acids is 1. The number of nitrogens with zero attached hydrogens (tertiary/aromatic N) is 1. The van der Waals surface area contributed by atoms with Crippen molar-refractivity contribution < 1.29 is 50.9 Å². The van der Waals surface area contributed by atoms with Crippen LogP contribution in [0.15, 0.2) is 53.0 Å². The highest BCUT2D eigenvalue weighted by Gasteiger charge is 2.59. The van der Waals surface area contributed by atoms with Crippen molar-refractivity contribution in [2.24, 2.45) is 0 Å². The van der Waals surface area contributed by atoms with Gasteiger partial charge in [-0.05, 0) is 55.3 Å². The number of alkyl halides is 5. The molecule has 1 unspecified atom stereocenters. The predicted molar refractivity (Wildman–Crippen MR) is 135 cm³/mol. The lowest BCUT2D eigenvalue weighted by Crippen LogP contribution is -2.41. The predicted octanol–water partition coefficient (Wildman–Crippen LogP) is 5.96. The molecule has 0 fully saturated rings. The number of carboxylic acid groups (broad SMARTS) is 1. The van der Waals surface area contributed by atoms with Gasteiger partial charge in [-0.3, -0.25) is 0 Å². The van der Waals surface area contributed by atoms with Gasteiger partial charge in [0, 0.05) is 29.7 Å². The number of halogens is 6. The number of amides is 2. The van der Waals surface area contributed by atoms with E-state index in [2.05, 4.69) is 26.0 Å². The van der Waals surface area contributed by atoms with Gasteiger partial charge in [0.15, 0.2) is 6.10 Å². The maximum Gasteiger partial charge on any atom is 0.482 e. The van der Waals surface area contributed by atoms with Gasteiger partial charge in [-0.1, -0.05) is 28.1 Å². The van der Waals surface area contributed by atoms with Crippen LogP contribution in [0.4, 0.5) is 32.4 Å². The Labute approximate surface area is 230 Å². The van der Waals surface area contributed by atoms with Gasteiger partial charge in [0.25, 0.3) is 0 Å². The van der Waals surface area contributed by atoms with Crippen LogP contribution >= 0.6 is 15.9 Å². The van der Waals surface area contributed by atoms with Crippen LogP contribution < -0.4 is 10.1 Å². The van der Waals surface area contributed by atoms with E-state index in [4.69, 9.17) is 9.47 Å². The molecular weight excluding hydrogens is 599 g/mol. The number of rotatable bonds is 15. The van der Waals surface area contributed by atoms with E-state index in [-0.39, 0.29) is 39.1 Å². The van der Waals surface area contributed by atoms with Crippen LogP contribution in [0.25, 0.3) is 0 Å². The second-order valence-corrected chi connectivity index (χ2v) is 9.04. The lowest BCUT2D eigenvalue weighted by Gasteiger charge is -2.24. The SMILES string of the molecule is CCOC(Cc1ccc(OCCN(CCCOC(F)(F)C(F)(F)F)C(=O)Nc2ccc(Br)cc2)cc1)C(=O)O.